The van der Waals surface area contributed by atoms with Gasteiger partial charge in [-0.25, -0.2) is 0 Å². The third kappa shape index (κ3) is 4.64. The maximum Gasteiger partial charge on any atom is 0.269 e. The summed E-state index contributed by atoms with van der Waals surface area (Å²) in [5, 5.41) is 19.3. The van der Waals surface area contributed by atoms with Crippen molar-refractivity contribution in [2.24, 2.45) is 0 Å². The van der Waals surface area contributed by atoms with Crippen molar-refractivity contribution in [1.29, 1.82) is 0 Å². The number of carbonyl (C=O) groups excluding carboxylic acids is 1. The minimum absolute atomic E-state index is 0.00542. The Hall–Kier alpha value is -4.33. The summed E-state index contributed by atoms with van der Waals surface area (Å²) in [7, 11) is 1.67. The minimum atomic E-state index is -0.446. The second kappa shape index (κ2) is 9.04. The fraction of sp³-hybridized carbons (Fsp3) is 0.160. The fourth-order valence-corrected chi connectivity index (χ4v) is 3.49. The molecule has 0 spiro atoms. The van der Waals surface area contributed by atoms with Crippen molar-refractivity contribution in [3.63, 3.8) is 0 Å². The van der Waals surface area contributed by atoms with E-state index in [0.29, 0.717) is 28.5 Å². The van der Waals surface area contributed by atoms with Gasteiger partial charge in [-0.05, 0) is 55.8 Å². The Morgan fingerprint density at radius 2 is 1.64 bits per heavy atom. The van der Waals surface area contributed by atoms with Gasteiger partial charge < -0.3 is 9.32 Å². The van der Waals surface area contributed by atoms with E-state index in [1.165, 1.54) is 12.1 Å². The van der Waals surface area contributed by atoms with E-state index in [2.05, 4.69) is 10.2 Å². The van der Waals surface area contributed by atoms with E-state index in [0.717, 1.165) is 11.1 Å². The summed E-state index contributed by atoms with van der Waals surface area (Å²) < 4.78 is 5.81. The molecule has 1 aromatic heterocycles. The summed E-state index contributed by atoms with van der Waals surface area (Å²) >= 11 is 0. The molecule has 1 heterocycles. The number of nitro benzene ring substituents is 1. The van der Waals surface area contributed by atoms with Crippen molar-refractivity contribution in [1.82, 2.24) is 15.1 Å². The zero-order valence-electron chi connectivity index (χ0n) is 18.4. The molecule has 8 heteroatoms. The molecular formula is C25H22N4O4. The molecule has 1 atom stereocenters. The molecule has 3 aromatic carbocycles. The molecule has 0 aliphatic carbocycles. The first-order valence-corrected chi connectivity index (χ1v) is 10.4. The Morgan fingerprint density at radius 3 is 2.30 bits per heavy atom. The van der Waals surface area contributed by atoms with Gasteiger partial charge in [-0.15, -0.1) is 10.2 Å². The van der Waals surface area contributed by atoms with Gasteiger partial charge in [-0.1, -0.05) is 29.8 Å². The Morgan fingerprint density at radius 1 is 0.970 bits per heavy atom. The molecule has 0 saturated carbocycles. The predicted octanol–water partition coefficient (Wildman–Crippen LogP) is 5.45. The van der Waals surface area contributed by atoms with Crippen molar-refractivity contribution >= 4 is 11.6 Å². The van der Waals surface area contributed by atoms with Gasteiger partial charge in [0.25, 0.3) is 11.6 Å². The van der Waals surface area contributed by atoms with Gasteiger partial charge in [0.05, 0.1) is 11.0 Å². The summed E-state index contributed by atoms with van der Waals surface area (Å²) in [5.74, 6) is 0.592. The largest absolute Gasteiger partial charge is 0.416 e. The van der Waals surface area contributed by atoms with Gasteiger partial charge in [0, 0.05) is 35.9 Å². The van der Waals surface area contributed by atoms with E-state index in [1.54, 1.807) is 48.3 Å². The first kappa shape index (κ1) is 21.9. The van der Waals surface area contributed by atoms with E-state index in [9.17, 15) is 14.9 Å². The zero-order valence-corrected chi connectivity index (χ0v) is 18.4. The van der Waals surface area contributed by atoms with Gasteiger partial charge in [-0.3, -0.25) is 14.9 Å². The molecule has 4 aromatic rings. The molecular weight excluding hydrogens is 420 g/mol. The Balaban J connectivity index is 1.50. The van der Waals surface area contributed by atoms with Crippen molar-refractivity contribution in [2.75, 3.05) is 7.05 Å². The lowest BCUT2D eigenvalue weighted by atomic mass is 10.0. The molecule has 0 aliphatic rings. The number of nitrogens with zero attached hydrogens (tertiary/aromatic N) is 4. The van der Waals surface area contributed by atoms with Crippen LogP contribution in [-0.2, 0) is 0 Å². The lowest BCUT2D eigenvalue weighted by molar-refractivity contribution is -0.384. The third-order valence-corrected chi connectivity index (χ3v) is 5.53. The van der Waals surface area contributed by atoms with Crippen LogP contribution in [0, 0.1) is 17.0 Å². The second-order valence-corrected chi connectivity index (χ2v) is 7.80. The number of hydrogen-bond acceptors (Lipinski definition) is 6. The molecule has 0 bridgehead atoms. The van der Waals surface area contributed by atoms with Crippen LogP contribution in [0.3, 0.4) is 0 Å². The number of aromatic nitrogens is 2. The van der Waals surface area contributed by atoms with Gasteiger partial charge >= 0.3 is 0 Å². The van der Waals surface area contributed by atoms with E-state index in [-0.39, 0.29) is 17.6 Å². The molecule has 0 aliphatic heterocycles. The van der Waals surface area contributed by atoms with E-state index >= 15 is 0 Å². The number of nitro groups is 1. The highest BCUT2D eigenvalue weighted by molar-refractivity contribution is 5.94. The number of amides is 1. The lowest BCUT2D eigenvalue weighted by Crippen LogP contribution is -2.29. The molecule has 4 rings (SSSR count). The van der Waals surface area contributed by atoms with Crippen LogP contribution in [0.4, 0.5) is 5.69 Å². The molecule has 0 fully saturated rings. The van der Waals surface area contributed by atoms with Gasteiger partial charge in [0.2, 0.25) is 11.8 Å². The topological polar surface area (TPSA) is 102 Å². The summed E-state index contributed by atoms with van der Waals surface area (Å²) in [6, 6.07) is 20.7. The molecule has 0 N–H and O–H groups in total. The van der Waals surface area contributed by atoms with Crippen molar-refractivity contribution < 1.29 is 14.1 Å². The standard InChI is InChI=1S/C25H22N4O4/c1-16-6-4-8-21(14-16)24-27-26-23(33-24)18-10-12-19(13-11-18)25(30)28(3)17(2)20-7-5-9-22(15-20)29(31)32/h4-15,17H,1-3H3. The molecule has 1 unspecified atom stereocenters. The SMILES string of the molecule is Cc1cccc(-c2nnc(-c3ccc(C(=O)N(C)C(C)c4cccc([N+](=O)[O-])c4)cc3)o2)c1. The van der Waals surface area contributed by atoms with E-state index < -0.39 is 4.92 Å². The number of hydrogen-bond donors (Lipinski definition) is 0. The third-order valence-electron chi connectivity index (χ3n) is 5.53. The highest BCUT2D eigenvalue weighted by Crippen LogP contribution is 2.27. The van der Waals surface area contributed by atoms with Crippen LogP contribution in [-0.4, -0.2) is 33.0 Å². The quantitative estimate of drug-likeness (QED) is 0.290. The molecule has 0 saturated heterocycles. The number of benzene rings is 3. The molecule has 8 nitrogen and oxygen atoms in total. The van der Waals surface area contributed by atoms with Gasteiger partial charge in [0.15, 0.2) is 0 Å². The Labute approximate surface area is 190 Å². The van der Waals surface area contributed by atoms with Crippen LogP contribution in [0.5, 0.6) is 0 Å². The monoisotopic (exact) mass is 442 g/mol. The fourth-order valence-electron chi connectivity index (χ4n) is 3.49. The van der Waals surface area contributed by atoms with Gasteiger partial charge in [0.1, 0.15) is 0 Å². The smallest absolute Gasteiger partial charge is 0.269 e. The Bertz CT molecular complexity index is 1310. The number of non-ortho nitro benzene ring substituents is 1. The Kier molecular flexibility index (Phi) is 5.99. The molecule has 0 radical (unpaired) electrons. The second-order valence-electron chi connectivity index (χ2n) is 7.80. The zero-order chi connectivity index (χ0) is 23.5. The number of carbonyl (C=O) groups is 1. The number of rotatable bonds is 6. The van der Waals surface area contributed by atoms with Crippen LogP contribution in [0.1, 0.15) is 34.5 Å². The molecule has 33 heavy (non-hydrogen) atoms. The highest BCUT2D eigenvalue weighted by atomic mass is 16.6. The van der Waals surface area contributed by atoms with E-state index in [1.807, 2.05) is 38.1 Å². The first-order chi connectivity index (χ1) is 15.8. The lowest BCUT2D eigenvalue weighted by Gasteiger charge is -2.25. The van der Waals surface area contributed by atoms with Crippen LogP contribution >= 0.6 is 0 Å². The van der Waals surface area contributed by atoms with Crippen LogP contribution in [0.15, 0.2) is 77.2 Å². The molecule has 1 amide bonds. The normalized spacial score (nSPS) is 11.7. The summed E-state index contributed by atoms with van der Waals surface area (Å²) in [6.07, 6.45) is 0. The summed E-state index contributed by atoms with van der Waals surface area (Å²) in [5.41, 5.74) is 3.81. The minimum Gasteiger partial charge on any atom is -0.416 e. The summed E-state index contributed by atoms with van der Waals surface area (Å²) in [4.78, 5) is 25.1. The summed E-state index contributed by atoms with van der Waals surface area (Å²) in [6.45, 7) is 3.82. The van der Waals surface area contributed by atoms with Crippen molar-refractivity contribution in [3.05, 3.63) is 99.6 Å². The maximum absolute atomic E-state index is 13.0. The predicted molar refractivity (Wildman–Crippen MR) is 124 cm³/mol. The van der Waals surface area contributed by atoms with Crippen molar-refractivity contribution in [3.8, 4) is 22.9 Å². The molecule has 166 valence electrons. The van der Waals surface area contributed by atoms with Crippen LogP contribution in [0.25, 0.3) is 22.9 Å². The highest BCUT2D eigenvalue weighted by Gasteiger charge is 2.21. The maximum atomic E-state index is 13.0. The van der Waals surface area contributed by atoms with E-state index in [4.69, 9.17) is 4.42 Å². The first-order valence-electron chi connectivity index (χ1n) is 10.4. The number of aryl methyl sites for hydroxylation is 1. The van der Waals surface area contributed by atoms with Crippen LogP contribution in [0.2, 0.25) is 0 Å². The van der Waals surface area contributed by atoms with Crippen molar-refractivity contribution in [2.45, 2.75) is 19.9 Å². The average Bonchev–Trinajstić information content (AvgIpc) is 3.33. The average molecular weight is 442 g/mol. The van der Waals surface area contributed by atoms with Crippen LogP contribution < -0.4 is 0 Å². The van der Waals surface area contributed by atoms with Gasteiger partial charge in [-0.2, -0.15) is 0 Å².